The van der Waals surface area contributed by atoms with E-state index < -0.39 is 18.8 Å². The zero-order valence-corrected chi connectivity index (χ0v) is 14.7. The third-order valence-electron chi connectivity index (χ3n) is 3.34. The molecule has 0 spiro atoms. The molecule has 2 amide bonds. The van der Waals surface area contributed by atoms with Gasteiger partial charge in [0.2, 0.25) is 5.88 Å². The van der Waals surface area contributed by atoms with Crippen LogP contribution in [0, 0.1) is 6.92 Å². The lowest BCUT2D eigenvalue weighted by Crippen LogP contribution is -2.37. The van der Waals surface area contributed by atoms with Gasteiger partial charge in [-0.05, 0) is 25.1 Å². The van der Waals surface area contributed by atoms with E-state index in [1.165, 1.54) is 12.3 Å². The average Bonchev–Trinajstić information content (AvgIpc) is 2.63. The smallest absolute Gasteiger partial charge is 0.422 e. The summed E-state index contributed by atoms with van der Waals surface area (Å²) in [5.74, 6) is 0.530. The molecule has 1 aromatic heterocycles. The van der Waals surface area contributed by atoms with Gasteiger partial charge >= 0.3 is 12.2 Å². The molecular formula is C18H20F3N3O3. The number of carbonyl (C=O) groups excluding carboxylic acids is 1. The van der Waals surface area contributed by atoms with Crippen molar-refractivity contribution in [1.82, 2.24) is 15.6 Å². The Morgan fingerprint density at radius 1 is 1.11 bits per heavy atom. The predicted octanol–water partition coefficient (Wildman–Crippen LogP) is 3.21. The van der Waals surface area contributed by atoms with Gasteiger partial charge in [0.1, 0.15) is 12.4 Å². The number of pyridine rings is 1. The number of aromatic nitrogens is 1. The van der Waals surface area contributed by atoms with Crippen LogP contribution >= 0.6 is 0 Å². The average molecular weight is 383 g/mol. The molecule has 0 bridgehead atoms. The minimum atomic E-state index is -4.46. The minimum absolute atomic E-state index is 0.0221. The van der Waals surface area contributed by atoms with Crippen molar-refractivity contribution in [2.24, 2.45) is 0 Å². The number of urea groups is 1. The number of hydrogen-bond donors (Lipinski definition) is 2. The van der Waals surface area contributed by atoms with E-state index in [0.717, 1.165) is 5.56 Å². The summed E-state index contributed by atoms with van der Waals surface area (Å²) in [4.78, 5) is 15.5. The van der Waals surface area contributed by atoms with E-state index in [-0.39, 0.29) is 25.6 Å². The first kappa shape index (κ1) is 20.3. The molecule has 0 radical (unpaired) electrons. The summed E-state index contributed by atoms with van der Waals surface area (Å²) in [5, 5.41) is 5.13. The largest absolute Gasteiger partial charge is 0.492 e. The molecule has 0 aliphatic rings. The van der Waals surface area contributed by atoms with Crippen LogP contribution in [-0.4, -0.2) is 36.9 Å². The fraction of sp³-hybridized carbons (Fsp3) is 0.333. The summed E-state index contributed by atoms with van der Waals surface area (Å²) < 4.78 is 46.9. The number of hydrogen-bond acceptors (Lipinski definition) is 4. The summed E-state index contributed by atoms with van der Waals surface area (Å²) in [6.45, 7) is 1.05. The molecule has 2 aromatic rings. The third kappa shape index (κ3) is 7.85. The molecule has 0 aliphatic heterocycles. The molecule has 2 N–H and O–H groups in total. The molecule has 0 aliphatic carbocycles. The Labute approximate surface area is 154 Å². The first-order chi connectivity index (χ1) is 12.8. The number of benzene rings is 1. The van der Waals surface area contributed by atoms with Crippen LogP contribution in [-0.2, 0) is 6.54 Å². The molecule has 0 atom stereocenters. The standard InChI is InChI=1S/C18H20F3N3O3/c1-13-4-6-15(7-5-13)26-10-9-23-17(25)24-11-14-3-2-8-22-16(14)27-12-18(19,20)21/h2-8H,9-12H2,1H3,(H2,23,24,25). The van der Waals surface area contributed by atoms with Crippen molar-refractivity contribution in [3.63, 3.8) is 0 Å². The van der Waals surface area contributed by atoms with Crippen molar-refractivity contribution < 1.29 is 27.4 Å². The van der Waals surface area contributed by atoms with Crippen LogP contribution < -0.4 is 20.1 Å². The summed E-state index contributed by atoms with van der Waals surface area (Å²) >= 11 is 0. The normalized spacial score (nSPS) is 11.0. The summed E-state index contributed by atoms with van der Waals surface area (Å²) in [6.07, 6.45) is -3.14. The van der Waals surface area contributed by atoms with Gasteiger partial charge in [-0.1, -0.05) is 23.8 Å². The molecule has 0 unspecified atom stereocenters. The highest BCUT2D eigenvalue weighted by molar-refractivity contribution is 5.73. The molecule has 27 heavy (non-hydrogen) atoms. The molecule has 0 saturated heterocycles. The molecule has 6 nitrogen and oxygen atoms in total. The van der Waals surface area contributed by atoms with Gasteiger partial charge < -0.3 is 20.1 Å². The molecule has 146 valence electrons. The number of nitrogens with one attached hydrogen (secondary N) is 2. The summed E-state index contributed by atoms with van der Waals surface area (Å²) in [6, 6.07) is 10.1. The molecule has 0 fully saturated rings. The van der Waals surface area contributed by atoms with Gasteiger partial charge in [-0.2, -0.15) is 13.2 Å². The second-order valence-electron chi connectivity index (χ2n) is 5.64. The van der Waals surface area contributed by atoms with Crippen LogP contribution in [0.15, 0.2) is 42.6 Å². The molecule has 9 heteroatoms. The maximum absolute atomic E-state index is 12.3. The SMILES string of the molecule is Cc1ccc(OCCNC(=O)NCc2cccnc2OCC(F)(F)F)cc1. The Morgan fingerprint density at radius 2 is 1.85 bits per heavy atom. The number of rotatable bonds is 8. The highest BCUT2D eigenvalue weighted by atomic mass is 19.4. The van der Waals surface area contributed by atoms with E-state index >= 15 is 0 Å². The van der Waals surface area contributed by atoms with Crippen LogP contribution in [0.3, 0.4) is 0 Å². The number of ether oxygens (including phenoxy) is 2. The van der Waals surface area contributed by atoms with Gasteiger partial charge in [-0.25, -0.2) is 9.78 Å². The minimum Gasteiger partial charge on any atom is -0.492 e. The van der Waals surface area contributed by atoms with Crippen molar-refractivity contribution >= 4 is 6.03 Å². The fourth-order valence-electron chi connectivity index (χ4n) is 2.04. The Balaban J connectivity index is 1.71. The van der Waals surface area contributed by atoms with Crippen molar-refractivity contribution in [3.8, 4) is 11.6 Å². The number of aryl methyl sites for hydroxylation is 1. The molecule has 2 rings (SSSR count). The van der Waals surface area contributed by atoms with E-state index in [4.69, 9.17) is 4.74 Å². The highest BCUT2D eigenvalue weighted by Gasteiger charge is 2.29. The van der Waals surface area contributed by atoms with Crippen LogP contribution in [0.25, 0.3) is 0 Å². The van der Waals surface area contributed by atoms with Gasteiger partial charge in [0, 0.05) is 18.3 Å². The lowest BCUT2D eigenvalue weighted by Gasteiger charge is -2.13. The molecule has 0 saturated carbocycles. The first-order valence-corrected chi connectivity index (χ1v) is 8.18. The van der Waals surface area contributed by atoms with Gasteiger partial charge in [-0.3, -0.25) is 0 Å². The Kier molecular flexibility index (Phi) is 7.27. The highest BCUT2D eigenvalue weighted by Crippen LogP contribution is 2.19. The quantitative estimate of drug-likeness (QED) is 0.687. The Hall–Kier alpha value is -2.97. The maximum atomic E-state index is 12.3. The zero-order valence-electron chi connectivity index (χ0n) is 14.7. The Morgan fingerprint density at radius 3 is 2.56 bits per heavy atom. The van der Waals surface area contributed by atoms with E-state index in [1.807, 2.05) is 31.2 Å². The van der Waals surface area contributed by atoms with Crippen molar-refractivity contribution in [2.45, 2.75) is 19.6 Å². The maximum Gasteiger partial charge on any atom is 0.422 e. The van der Waals surface area contributed by atoms with Gasteiger partial charge in [-0.15, -0.1) is 0 Å². The third-order valence-corrected chi connectivity index (χ3v) is 3.34. The predicted molar refractivity (Wildman–Crippen MR) is 92.7 cm³/mol. The zero-order chi connectivity index (χ0) is 19.7. The van der Waals surface area contributed by atoms with Crippen LogP contribution in [0.4, 0.5) is 18.0 Å². The van der Waals surface area contributed by atoms with Crippen LogP contribution in [0.2, 0.25) is 0 Å². The Bertz CT molecular complexity index is 737. The topological polar surface area (TPSA) is 72.5 Å². The van der Waals surface area contributed by atoms with Gasteiger partial charge in [0.25, 0.3) is 0 Å². The van der Waals surface area contributed by atoms with E-state index in [1.54, 1.807) is 6.07 Å². The number of halogens is 3. The summed E-state index contributed by atoms with van der Waals surface area (Å²) in [5.41, 5.74) is 1.46. The first-order valence-electron chi connectivity index (χ1n) is 8.18. The van der Waals surface area contributed by atoms with Crippen molar-refractivity contribution in [2.75, 3.05) is 19.8 Å². The van der Waals surface area contributed by atoms with Crippen LogP contribution in [0.5, 0.6) is 11.6 Å². The monoisotopic (exact) mass is 383 g/mol. The number of carbonyl (C=O) groups is 1. The lowest BCUT2D eigenvalue weighted by atomic mass is 10.2. The number of amides is 2. The van der Waals surface area contributed by atoms with E-state index in [2.05, 4.69) is 20.4 Å². The molecule has 1 aromatic carbocycles. The number of nitrogens with zero attached hydrogens (tertiary/aromatic N) is 1. The van der Waals surface area contributed by atoms with Gasteiger partial charge in [0.15, 0.2) is 6.61 Å². The van der Waals surface area contributed by atoms with Gasteiger partial charge in [0.05, 0.1) is 6.54 Å². The molecule has 1 heterocycles. The van der Waals surface area contributed by atoms with Crippen LogP contribution in [0.1, 0.15) is 11.1 Å². The second-order valence-corrected chi connectivity index (χ2v) is 5.64. The summed E-state index contributed by atoms with van der Waals surface area (Å²) in [7, 11) is 0. The molecular weight excluding hydrogens is 363 g/mol. The van der Waals surface area contributed by atoms with Crippen molar-refractivity contribution in [1.29, 1.82) is 0 Å². The van der Waals surface area contributed by atoms with E-state index in [9.17, 15) is 18.0 Å². The lowest BCUT2D eigenvalue weighted by molar-refractivity contribution is -0.154. The van der Waals surface area contributed by atoms with E-state index in [0.29, 0.717) is 11.3 Å². The fourth-order valence-corrected chi connectivity index (χ4v) is 2.04. The number of alkyl halides is 3. The van der Waals surface area contributed by atoms with Crippen molar-refractivity contribution in [3.05, 3.63) is 53.7 Å². The second kappa shape index (κ2) is 9.65.